The number of amides is 1. The molecule has 4 rings (SSSR count). The molecule has 0 bridgehead atoms. The summed E-state index contributed by atoms with van der Waals surface area (Å²) in [5.41, 5.74) is 1.05. The highest BCUT2D eigenvalue weighted by atomic mass is 32.2. The zero-order valence-corrected chi connectivity index (χ0v) is 18.1. The molecular formula is C22H22F2N4O3S. The minimum Gasteiger partial charge on any atom is -0.337 e. The number of nitrogens with one attached hydrogen (secondary N) is 1. The van der Waals surface area contributed by atoms with Crippen LogP contribution in [-0.2, 0) is 10.0 Å². The summed E-state index contributed by atoms with van der Waals surface area (Å²) >= 11 is 0. The molecule has 7 nitrogen and oxygen atoms in total. The second-order valence-corrected chi connectivity index (χ2v) is 9.39. The number of aromatic nitrogens is 2. The Morgan fingerprint density at radius 1 is 1.16 bits per heavy atom. The average molecular weight is 461 g/mol. The fourth-order valence-electron chi connectivity index (χ4n) is 3.84. The summed E-state index contributed by atoms with van der Waals surface area (Å²) in [6.07, 6.45) is 2.54. The van der Waals surface area contributed by atoms with Gasteiger partial charge < -0.3 is 4.90 Å². The van der Waals surface area contributed by atoms with Crippen LogP contribution in [0.3, 0.4) is 0 Å². The molecule has 1 aliphatic heterocycles. The molecule has 1 N–H and O–H groups in total. The monoisotopic (exact) mass is 460 g/mol. The van der Waals surface area contributed by atoms with Gasteiger partial charge in [0.1, 0.15) is 17.3 Å². The van der Waals surface area contributed by atoms with E-state index >= 15 is 0 Å². The molecule has 3 aromatic rings. The molecule has 0 aliphatic carbocycles. The van der Waals surface area contributed by atoms with Crippen molar-refractivity contribution in [3.8, 4) is 5.69 Å². The van der Waals surface area contributed by atoms with E-state index in [1.54, 1.807) is 30.0 Å². The molecule has 2 heterocycles. The summed E-state index contributed by atoms with van der Waals surface area (Å²) in [4.78, 5) is 14.5. The molecular weight excluding hydrogens is 438 g/mol. The number of nitrogens with zero attached hydrogens (tertiary/aromatic N) is 3. The SMILES string of the molecule is Cc1c(C(=O)N2CCCC(NS(=O)(=O)c3cccc(F)c3)C2)cnn1-c1ccccc1F. The predicted octanol–water partition coefficient (Wildman–Crippen LogP) is 3.04. The van der Waals surface area contributed by atoms with Gasteiger partial charge in [-0.3, -0.25) is 4.79 Å². The number of hydrogen-bond donors (Lipinski definition) is 1. The highest BCUT2D eigenvalue weighted by Crippen LogP contribution is 2.21. The van der Waals surface area contributed by atoms with Crippen molar-refractivity contribution in [2.75, 3.05) is 13.1 Å². The van der Waals surface area contributed by atoms with Crippen LogP contribution in [0, 0.1) is 18.6 Å². The van der Waals surface area contributed by atoms with Gasteiger partial charge in [-0.1, -0.05) is 18.2 Å². The molecule has 32 heavy (non-hydrogen) atoms. The van der Waals surface area contributed by atoms with Gasteiger partial charge in [-0.05, 0) is 50.1 Å². The first kappa shape index (κ1) is 22.1. The van der Waals surface area contributed by atoms with E-state index in [-0.39, 0.29) is 23.0 Å². The van der Waals surface area contributed by atoms with Gasteiger partial charge in [0.2, 0.25) is 10.0 Å². The zero-order valence-electron chi connectivity index (χ0n) is 17.3. The van der Waals surface area contributed by atoms with Gasteiger partial charge in [0.25, 0.3) is 5.91 Å². The van der Waals surface area contributed by atoms with Crippen LogP contribution in [-0.4, -0.2) is 48.1 Å². The molecule has 2 aromatic carbocycles. The number of benzene rings is 2. The maximum absolute atomic E-state index is 14.1. The molecule has 1 atom stereocenters. The van der Waals surface area contributed by atoms with Crippen LogP contribution in [0.4, 0.5) is 8.78 Å². The van der Waals surface area contributed by atoms with Gasteiger partial charge in [-0.2, -0.15) is 5.10 Å². The van der Waals surface area contributed by atoms with Crippen LogP contribution in [0.1, 0.15) is 28.9 Å². The Bertz CT molecular complexity index is 1260. The third-order valence-electron chi connectivity index (χ3n) is 5.46. The predicted molar refractivity (Wildman–Crippen MR) is 114 cm³/mol. The molecule has 1 fully saturated rings. The van der Waals surface area contributed by atoms with E-state index in [0.29, 0.717) is 30.6 Å². The quantitative estimate of drug-likeness (QED) is 0.634. The van der Waals surface area contributed by atoms with Crippen molar-refractivity contribution < 1.29 is 22.0 Å². The van der Waals surface area contributed by atoms with Crippen LogP contribution in [0.2, 0.25) is 0 Å². The molecule has 0 radical (unpaired) electrons. The third kappa shape index (κ3) is 4.42. The molecule has 168 valence electrons. The first-order valence-electron chi connectivity index (χ1n) is 10.1. The number of carbonyl (C=O) groups excluding carboxylic acids is 1. The normalized spacial score (nSPS) is 16.8. The van der Waals surface area contributed by atoms with Crippen LogP contribution < -0.4 is 4.72 Å². The maximum atomic E-state index is 14.1. The number of hydrogen-bond acceptors (Lipinski definition) is 4. The van der Waals surface area contributed by atoms with Gasteiger partial charge in [-0.25, -0.2) is 26.6 Å². The number of carbonyl (C=O) groups is 1. The van der Waals surface area contributed by atoms with E-state index in [1.165, 1.54) is 35.1 Å². The number of rotatable bonds is 5. The van der Waals surface area contributed by atoms with Gasteiger partial charge in [0.05, 0.1) is 22.3 Å². The summed E-state index contributed by atoms with van der Waals surface area (Å²) < 4.78 is 56.8. The van der Waals surface area contributed by atoms with Crippen molar-refractivity contribution in [2.24, 2.45) is 0 Å². The lowest BCUT2D eigenvalue weighted by atomic mass is 10.1. The van der Waals surface area contributed by atoms with E-state index in [4.69, 9.17) is 0 Å². The van der Waals surface area contributed by atoms with E-state index in [0.717, 1.165) is 6.07 Å². The van der Waals surface area contributed by atoms with Gasteiger partial charge >= 0.3 is 0 Å². The standard InChI is InChI=1S/C22H22F2N4O3S/c1-15-19(13-25-28(15)21-10-3-2-9-20(21)24)22(29)27-11-5-7-17(14-27)26-32(30,31)18-8-4-6-16(23)12-18/h2-4,6,8-10,12-13,17,26H,5,7,11,14H2,1H3. The number of sulfonamides is 1. The van der Waals surface area contributed by atoms with Crippen molar-refractivity contribution >= 4 is 15.9 Å². The van der Waals surface area contributed by atoms with E-state index in [1.807, 2.05) is 0 Å². The van der Waals surface area contributed by atoms with Crippen LogP contribution in [0.5, 0.6) is 0 Å². The minimum absolute atomic E-state index is 0.164. The minimum atomic E-state index is -3.93. The van der Waals surface area contributed by atoms with Crippen LogP contribution >= 0.6 is 0 Å². The van der Waals surface area contributed by atoms with Gasteiger partial charge in [0, 0.05) is 19.1 Å². The lowest BCUT2D eigenvalue weighted by molar-refractivity contribution is 0.0702. The van der Waals surface area contributed by atoms with E-state index in [2.05, 4.69) is 9.82 Å². The van der Waals surface area contributed by atoms with Crippen molar-refractivity contribution in [2.45, 2.75) is 30.7 Å². The number of likely N-dealkylation sites (tertiary alicyclic amines) is 1. The highest BCUT2D eigenvalue weighted by Gasteiger charge is 2.30. The smallest absolute Gasteiger partial charge is 0.257 e. The van der Waals surface area contributed by atoms with Crippen LogP contribution in [0.25, 0.3) is 5.69 Å². The highest BCUT2D eigenvalue weighted by molar-refractivity contribution is 7.89. The largest absolute Gasteiger partial charge is 0.337 e. The summed E-state index contributed by atoms with van der Waals surface area (Å²) in [6, 6.07) is 10.4. The lowest BCUT2D eigenvalue weighted by Gasteiger charge is -2.33. The lowest BCUT2D eigenvalue weighted by Crippen LogP contribution is -2.49. The average Bonchev–Trinajstić information content (AvgIpc) is 3.14. The van der Waals surface area contributed by atoms with Crippen LogP contribution in [0.15, 0.2) is 59.6 Å². The fourth-order valence-corrected chi connectivity index (χ4v) is 5.13. The Kier molecular flexibility index (Phi) is 6.07. The summed E-state index contributed by atoms with van der Waals surface area (Å²) in [6.45, 7) is 2.31. The Morgan fingerprint density at radius 2 is 1.94 bits per heavy atom. The first-order valence-corrected chi connectivity index (χ1v) is 11.6. The molecule has 1 amide bonds. The maximum Gasteiger partial charge on any atom is 0.257 e. The molecule has 0 saturated carbocycles. The van der Waals surface area contributed by atoms with Crippen molar-refractivity contribution in [3.63, 3.8) is 0 Å². The Balaban J connectivity index is 1.50. The number of halogens is 2. The fraction of sp³-hybridized carbons (Fsp3) is 0.273. The Labute approximate surface area is 184 Å². The van der Waals surface area contributed by atoms with E-state index in [9.17, 15) is 22.0 Å². The molecule has 1 aromatic heterocycles. The summed E-state index contributed by atoms with van der Waals surface area (Å²) in [5, 5.41) is 4.17. The molecule has 1 saturated heterocycles. The number of piperidine rings is 1. The van der Waals surface area contributed by atoms with Crippen molar-refractivity contribution in [3.05, 3.63) is 77.6 Å². The van der Waals surface area contributed by atoms with Crippen molar-refractivity contribution in [1.82, 2.24) is 19.4 Å². The summed E-state index contributed by atoms with van der Waals surface area (Å²) in [5.74, 6) is -1.40. The first-order chi connectivity index (χ1) is 15.3. The molecule has 0 spiro atoms. The molecule has 10 heteroatoms. The van der Waals surface area contributed by atoms with Crippen molar-refractivity contribution in [1.29, 1.82) is 0 Å². The molecule has 1 unspecified atom stereocenters. The Morgan fingerprint density at radius 3 is 2.69 bits per heavy atom. The molecule has 1 aliphatic rings. The third-order valence-corrected chi connectivity index (χ3v) is 6.98. The topological polar surface area (TPSA) is 84.3 Å². The summed E-state index contributed by atoms with van der Waals surface area (Å²) in [7, 11) is -3.93. The van der Waals surface area contributed by atoms with E-state index < -0.39 is 27.7 Å². The second kappa shape index (κ2) is 8.79. The van der Waals surface area contributed by atoms with Gasteiger partial charge in [-0.15, -0.1) is 0 Å². The second-order valence-electron chi connectivity index (χ2n) is 7.68. The number of para-hydroxylation sites is 1. The van der Waals surface area contributed by atoms with Gasteiger partial charge in [0.15, 0.2) is 0 Å². The Hall–Kier alpha value is -3.11. The zero-order chi connectivity index (χ0) is 22.9.